The van der Waals surface area contributed by atoms with Gasteiger partial charge in [0.25, 0.3) is 0 Å². The maximum Gasteiger partial charge on any atom is 0.123 e. The number of ether oxygens (including phenoxy) is 1. The molecule has 1 aliphatic heterocycles. The Labute approximate surface area is 124 Å². The van der Waals surface area contributed by atoms with Crippen LogP contribution >= 0.6 is 15.9 Å². The molecule has 0 saturated heterocycles. The SMILES string of the molecule is Cc1ccc2c(c1)CC(CC1CCCCCC1Br)O2. The fourth-order valence-electron chi connectivity index (χ4n) is 3.52. The molecule has 1 nitrogen and oxygen atoms in total. The van der Waals surface area contributed by atoms with Gasteiger partial charge in [0, 0.05) is 11.2 Å². The van der Waals surface area contributed by atoms with Crippen molar-refractivity contribution < 1.29 is 4.74 Å². The molecule has 1 aromatic rings. The molecule has 19 heavy (non-hydrogen) atoms. The molecule has 0 spiro atoms. The van der Waals surface area contributed by atoms with Gasteiger partial charge >= 0.3 is 0 Å². The average molecular weight is 323 g/mol. The van der Waals surface area contributed by atoms with E-state index in [1.165, 1.54) is 49.7 Å². The van der Waals surface area contributed by atoms with Crippen molar-refractivity contribution in [2.24, 2.45) is 5.92 Å². The van der Waals surface area contributed by atoms with Crippen molar-refractivity contribution in [1.29, 1.82) is 0 Å². The molecule has 1 aromatic carbocycles. The monoisotopic (exact) mass is 322 g/mol. The lowest BCUT2D eigenvalue weighted by molar-refractivity contribution is 0.189. The third-order valence-electron chi connectivity index (χ3n) is 4.59. The van der Waals surface area contributed by atoms with Gasteiger partial charge in [0.05, 0.1) is 0 Å². The van der Waals surface area contributed by atoms with Crippen molar-refractivity contribution in [2.45, 2.75) is 62.8 Å². The van der Waals surface area contributed by atoms with Crippen LogP contribution in [0.2, 0.25) is 0 Å². The van der Waals surface area contributed by atoms with Gasteiger partial charge in [-0.15, -0.1) is 0 Å². The molecule has 3 unspecified atom stereocenters. The summed E-state index contributed by atoms with van der Waals surface area (Å²) in [4.78, 5) is 0.698. The third kappa shape index (κ3) is 3.16. The Morgan fingerprint density at radius 1 is 1.21 bits per heavy atom. The van der Waals surface area contributed by atoms with E-state index in [-0.39, 0.29) is 0 Å². The zero-order valence-electron chi connectivity index (χ0n) is 11.7. The standard InChI is InChI=1S/C17H23BrO/c1-12-7-8-17-14(9-12)11-15(19-17)10-13-5-3-2-4-6-16(13)18/h7-9,13,15-16H,2-6,10-11H2,1H3. The zero-order valence-corrected chi connectivity index (χ0v) is 13.3. The Hall–Kier alpha value is -0.500. The molecule has 1 saturated carbocycles. The maximum absolute atomic E-state index is 6.13. The second-order valence-electron chi connectivity index (χ2n) is 6.20. The second kappa shape index (κ2) is 5.87. The molecule has 2 aliphatic rings. The van der Waals surface area contributed by atoms with Crippen LogP contribution in [0.5, 0.6) is 5.75 Å². The summed E-state index contributed by atoms with van der Waals surface area (Å²) in [5, 5.41) is 0. The number of alkyl halides is 1. The van der Waals surface area contributed by atoms with E-state index in [9.17, 15) is 0 Å². The van der Waals surface area contributed by atoms with Crippen molar-refractivity contribution in [3.8, 4) is 5.75 Å². The Bertz CT molecular complexity index is 443. The lowest BCUT2D eigenvalue weighted by atomic mass is 9.92. The molecule has 1 aliphatic carbocycles. The minimum absolute atomic E-state index is 0.403. The number of hydrogen-bond donors (Lipinski definition) is 0. The molecule has 1 fully saturated rings. The van der Waals surface area contributed by atoms with Gasteiger partial charge in [-0.1, -0.05) is 52.9 Å². The molecule has 104 valence electrons. The number of halogens is 1. The van der Waals surface area contributed by atoms with Gasteiger partial charge in [-0.05, 0) is 43.7 Å². The molecule has 0 radical (unpaired) electrons. The molecule has 0 amide bonds. The Balaban J connectivity index is 1.63. The summed E-state index contributed by atoms with van der Waals surface area (Å²) in [5.74, 6) is 1.92. The lowest BCUT2D eigenvalue weighted by Crippen LogP contribution is -2.23. The summed E-state index contributed by atoms with van der Waals surface area (Å²) in [6.07, 6.45) is 9.61. The van der Waals surface area contributed by atoms with Gasteiger partial charge in [0.2, 0.25) is 0 Å². The summed E-state index contributed by atoms with van der Waals surface area (Å²) in [6, 6.07) is 6.58. The smallest absolute Gasteiger partial charge is 0.123 e. The zero-order chi connectivity index (χ0) is 13.2. The first-order chi connectivity index (χ1) is 9.22. The van der Waals surface area contributed by atoms with Crippen LogP contribution in [-0.4, -0.2) is 10.9 Å². The van der Waals surface area contributed by atoms with Crippen LogP contribution < -0.4 is 4.74 Å². The lowest BCUT2D eigenvalue weighted by Gasteiger charge is -2.23. The van der Waals surface area contributed by atoms with E-state index in [2.05, 4.69) is 41.1 Å². The first-order valence-corrected chi connectivity index (χ1v) is 8.54. The highest BCUT2D eigenvalue weighted by molar-refractivity contribution is 9.09. The van der Waals surface area contributed by atoms with Crippen molar-refractivity contribution in [1.82, 2.24) is 0 Å². The summed E-state index contributed by atoms with van der Waals surface area (Å²) in [7, 11) is 0. The van der Waals surface area contributed by atoms with Crippen LogP contribution in [0.25, 0.3) is 0 Å². The maximum atomic E-state index is 6.13. The van der Waals surface area contributed by atoms with E-state index in [0.717, 1.165) is 18.1 Å². The highest BCUT2D eigenvalue weighted by Gasteiger charge is 2.29. The molecular weight excluding hydrogens is 300 g/mol. The van der Waals surface area contributed by atoms with Gasteiger partial charge in [0.1, 0.15) is 11.9 Å². The molecule has 3 rings (SSSR count). The van der Waals surface area contributed by atoms with Gasteiger partial charge < -0.3 is 4.74 Å². The number of rotatable bonds is 2. The molecule has 0 aromatic heterocycles. The Morgan fingerprint density at radius 2 is 2.05 bits per heavy atom. The number of hydrogen-bond acceptors (Lipinski definition) is 1. The Morgan fingerprint density at radius 3 is 2.95 bits per heavy atom. The summed E-state index contributed by atoms with van der Waals surface area (Å²) >= 11 is 3.90. The highest BCUT2D eigenvalue weighted by atomic mass is 79.9. The van der Waals surface area contributed by atoms with Crippen molar-refractivity contribution >= 4 is 15.9 Å². The fourth-order valence-corrected chi connectivity index (χ4v) is 4.33. The molecular formula is C17H23BrO. The molecule has 0 bridgehead atoms. The second-order valence-corrected chi connectivity index (χ2v) is 7.38. The molecule has 0 N–H and O–H groups in total. The van der Waals surface area contributed by atoms with Crippen molar-refractivity contribution in [3.63, 3.8) is 0 Å². The number of fused-ring (bicyclic) bond motifs is 1. The third-order valence-corrected chi connectivity index (χ3v) is 5.79. The normalized spacial score (nSPS) is 30.5. The number of benzene rings is 1. The minimum atomic E-state index is 0.403. The van der Waals surface area contributed by atoms with Crippen LogP contribution in [0.4, 0.5) is 0 Å². The largest absolute Gasteiger partial charge is 0.490 e. The number of aryl methyl sites for hydroxylation is 1. The van der Waals surface area contributed by atoms with Crippen LogP contribution in [0.3, 0.4) is 0 Å². The van der Waals surface area contributed by atoms with Crippen LogP contribution in [-0.2, 0) is 6.42 Å². The van der Waals surface area contributed by atoms with Crippen molar-refractivity contribution in [3.05, 3.63) is 29.3 Å². The molecule has 2 heteroatoms. The van der Waals surface area contributed by atoms with Gasteiger partial charge in [0.15, 0.2) is 0 Å². The highest BCUT2D eigenvalue weighted by Crippen LogP contribution is 2.37. The first kappa shape index (κ1) is 13.5. The predicted octanol–water partition coefficient (Wildman–Crippen LogP) is 5.03. The van der Waals surface area contributed by atoms with Gasteiger partial charge in [-0.25, -0.2) is 0 Å². The predicted molar refractivity (Wildman–Crippen MR) is 83.2 cm³/mol. The van der Waals surface area contributed by atoms with E-state index >= 15 is 0 Å². The first-order valence-electron chi connectivity index (χ1n) is 7.62. The fraction of sp³-hybridized carbons (Fsp3) is 0.647. The van der Waals surface area contributed by atoms with Crippen molar-refractivity contribution in [2.75, 3.05) is 0 Å². The van der Waals surface area contributed by atoms with Crippen LogP contribution in [0.15, 0.2) is 18.2 Å². The van der Waals surface area contributed by atoms with E-state index in [1.807, 2.05) is 0 Å². The van der Waals surface area contributed by atoms with E-state index in [0.29, 0.717) is 10.9 Å². The summed E-state index contributed by atoms with van der Waals surface area (Å²) in [5.41, 5.74) is 2.75. The quantitative estimate of drug-likeness (QED) is 0.548. The minimum Gasteiger partial charge on any atom is -0.490 e. The van der Waals surface area contributed by atoms with E-state index in [1.54, 1.807) is 0 Å². The van der Waals surface area contributed by atoms with Gasteiger partial charge in [-0.2, -0.15) is 0 Å². The van der Waals surface area contributed by atoms with Gasteiger partial charge in [-0.3, -0.25) is 0 Å². The topological polar surface area (TPSA) is 9.23 Å². The van der Waals surface area contributed by atoms with E-state index < -0.39 is 0 Å². The van der Waals surface area contributed by atoms with E-state index in [4.69, 9.17) is 4.74 Å². The summed E-state index contributed by atoms with van der Waals surface area (Å²) in [6.45, 7) is 2.16. The molecule has 3 atom stereocenters. The Kier molecular flexibility index (Phi) is 4.16. The van der Waals surface area contributed by atoms with Crippen LogP contribution in [0, 0.1) is 12.8 Å². The average Bonchev–Trinajstić information content (AvgIpc) is 2.66. The summed E-state index contributed by atoms with van der Waals surface area (Å²) < 4.78 is 6.13. The van der Waals surface area contributed by atoms with Crippen LogP contribution in [0.1, 0.15) is 49.7 Å². The molecule has 1 heterocycles.